The van der Waals surface area contributed by atoms with Crippen LogP contribution in [0.4, 0.5) is 0 Å². The van der Waals surface area contributed by atoms with Crippen molar-refractivity contribution in [3.05, 3.63) is 58.9 Å². The predicted molar refractivity (Wildman–Crippen MR) is 122 cm³/mol. The molecular weight excluding hydrogens is 414 g/mol. The second-order valence-electron chi connectivity index (χ2n) is 7.43. The summed E-state index contributed by atoms with van der Waals surface area (Å²) in [4.78, 5) is 34.3. The minimum Gasteiger partial charge on any atom is -0.495 e. The van der Waals surface area contributed by atoms with Crippen molar-refractivity contribution in [1.29, 1.82) is 0 Å². The monoisotopic (exact) mass is 437 g/mol. The van der Waals surface area contributed by atoms with Crippen molar-refractivity contribution < 1.29 is 14.3 Å². The van der Waals surface area contributed by atoms with E-state index in [9.17, 15) is 9.59 Å². The molecule has 0 bridgehead atoms. The number of H-pyrrole nitrogens is 1. The molecule has 0 radical (unpaired) electrons. The Balaban J connectivity index is 2.03. The number of hydrogen-bond donors (Lipinski definition) is 1. The highest BCUT2D eigenvalue weighted by Gasteiger charge is 2.33. The Morgan fingerprint density at radius 3 is 2.61 bits per heavy atom. The van der Waals surface area contributed by atoms with E-state index in [0.29, 0.717) is 27.6 Å². The SMILES string of the molecule is CCOC(=O)C(C)(C)Sc1nc2c([nH]c3ccccc32)c(=O)n1-c1ccccc1OC. The summed E-state index contributed by atoms with van der Waals surface area (Å²) in [6.45, 7) is 5.55. The molecule has 4 aromatic rings. The van der Waals surface area contributed by atoms with Gasteiger partial charge in [0, 0.05) is 10.9 Å². The normalized spacial score (nSPS) is 11.7. The van der Waals surface area contributed by atoms with E-state index < -0.39 is 4.75 Å². The Morgan fingerprint density at radius 2 is 1.87 bits per heavy atom. The number of aromatic amines is 1. The first-order valence-electron chi connectivity index (χ1n) is 9.90. The van der Waals surface area contributed by atoms with Crippen molar-refractivity contribution in [1.82, 2.24) is 14.5 Å². The van der Waals surface area contributed by atoms with E-state index in [1.54, 1.807) is 40.0 Å². The van der Waals surface area contributed by atoms with Gasteiger partial charge in [-0.25, -0.2) is 9.55 Å². The van der Waals surface area contributed by atoms with Gasteiger partial charge in [-0.1, -0.05) is 42.1 Å². The fourth-order valence-electron chi connectivity index (χ4n) is 3.41. The molecule has 2 heterocycles. The third-order valence-electron chi connectivity index (χ3n) is 4.93. The highest BCUT2D eigenvalue weighted by molar-refractivity contribution is 8.01. The van der Waals surface area contributed by atoms with Gasteiger partial charge in [0.15, 0.2) is 5.16 Å². The molecule has 4 rings (SSSR count). The average Bonchev–Trinajstić information content (AvgIpc) is 3.13. The van der Waals surface area contributed by atoms with E-state index in [4.69, 9.17) is 14.5 Å². The van der Waals surface area contributed by atoms with Crippen LogP contribution in [0.15, 0.2) is 58.5 Å². The molecule has 0 unspecified atom stereocenters. The largest absolute Gasteiger partial charge is 0.495 e. The molecule has 0 saturated heterocycles. The number of hydrogen-bond acceptors (Lipinski definition) is 6. The van der Waals surface area contributed by atoms with Crippen LogP contribution in [0, 0.1) is 0 Å². The van der Waals surface area contributed by atoms with Gasteiger partial charge < -0.3 is 14.5 Å². The van der Waals surface area contributed by atoms with Crippen LogP contribution in [0.2, 0.25) is 0 Å². The molecule has 0 amide bonds. The molecule has 2 aromatic carbocycles. The molecule has 8 heteroatoms. The summed E-state index contributed by atoms with van der Waals surface area (Å²) in [5, 5.41) is 1.22. The average molecular weight is 438 g/mol. The predicted octanol–water partition coefficient (Wildman–Crippen LogP) is 4.31. The standard InChI is InChI=1S/C23H23N3O4S/c1-5-30-21(28)23(2,3)31-22-25-18-14-10-6-7-11-15(14)24-19(18)20(27)26(22)16-12-8-9-13-17(16)29-4/h6-13,24H,5H2,1-4H3. The molecular formula is C23H23N3O4S. The van der Waals surface area contributed by atoms with Gasteiger partial charge in [0.05, 0.1) is 19.4 Å². The van der Waals surface area contributed by atoms with Crippen LogP contribution in [0.5, 0.6) is 5.75 Å². The first kappa shape index (κ1) is 21.0. The van der Waals surface area contributed by atoms with Crippen molar-refractivity contribution in [3.63, 3.8) is 0 Å². The third kappa shape index (κ3) is 3.67. The van der Waals surface area contributed by atoms with Gasteiger partial charge in [-0.05, 0) is 39.0 Å². The number of rotatable bonds is 6. The number of nitrogens with zero attached hydrogens (tertiary/aromatic N) is 2. The number of thioether (sulfide) groups is 1. The smallest absolute Gasteiger partial charge is 0.322 e. The van der Waals surface area contributed by atoms with E-state index in [-0.39, 0.29) is 18.1 Å². The van der Waals surface area contributed by atoms with Gasteiger partial charge in [-0.2, -0.15) is 0 Å². The number of para-hydroxylation sites is 3. The van der Waals surface area contributed by atoms with Crippen molar-refractivity contribution in [2.24, 2.45) is 0 Å². The lowest BCUT2D eigenvalue weighted by molar-refractivity contribution is -0.145. The number of carbonyl (C=O) groups is 1. The van der Waals surface area contributed by atoms with Crippen LogP contribution in [0.1, 0.15) is 20.8 Å². The zero-order chi connectivity index (χ0) is 22.2. The summed E-state index contributed by atoms with van der Waals surface area (Å²) in [5.41, 5.74) is 2.05. The minimum atomic E-state index is -0.959. The Labute approximate surface area is 183 Å². The van der Waals surface area contributed by atoms with Crippen LogP contribution in [-0.2, 0) is 9.53 Å². The highest BCUT2D eigenvalue weighted by Crippen LogP contribution is 2.36. The second kappa shape index (κ2) is 8.11. The van der Waals surface area contributed by atoms with E-state index in [1.165, 1.54) is 16.3 Å². The Bertz CT molecular complexity index is 1340. The molecule has 0 fully saturated rings. The van der Waals surface area contributed by atoms with Gasteiger partial charge in [0.25, 0.3) is 5.56 Å². The molecule has 0 atom stereocenters. The molecule has 1 N–H and O–H groups in total. The first-order chi connectivity index (χ1) is 14.9. The lowest BCUT2D eigenvalue weighted by atomic mass is 10.2. The quantitative estimate of drug-likeness (QED) is 0.275. The fraction of sp³-hybridized carbons (Fsp3) is 0.261. The van der Waals surface area contributed by atoms with E-state index in [2.05, 4.69) is 4.98 Å². The number of esters is 1. The second-order valence-corrected chi connectivity index (χ2v) is 9.02. The summed E-state index contributed by atoms with van der Waals surface area (Å²) in [7, 11) is 1.55. The molecule has 31 heavy (non-hydrogen) atoms. The summed E-state index contributed by atoms with van der Waals surface area (Å²) in [6.07, 6.45) is 0. The molecule has 2 aromatic heterocycles. The number of nitrogens with one attached hydrogen (secondary N) is 1. The number of carbonyl (C=O) groups excluding carboxylic acids is 1. The number of ether oxygens (including phenoxy) is 2. The lowest BCUT2D eigenvalue weighted by Gasteiger charge is -2.23. The van der Waals surface area contributed by atoms with Crippen LogP contribution in [0.25, 0.3) is 27.6 Å². The highest BCUT2D eigenvalue weighted by atomic mass is 32.2. The van der Waals surface area contributed by atoms with Gasteiger partial charge in [-0.3, -0.25) is 9.59 Å². The van der Waals surface area contributed by atoms with Crippen molar-refractivity contribution in [2.75, 3.05) is 13.7 Å². The van der Waals surface area contributed by atoms with Gasteiger partial charge in [0.2, 0.25) is 0 Å². The third-order valence-corrected chi connectivity index (χ3v) is 6.07. The van der Waals surface area contributed by atoms with Crippen molar-refractivity contribution in [2.45, 2.75) is 30.7 Å². The zero-order valence-electron chi connectivity index (χ0n) is 17.8. The molecule has 160 valence electrons. The zero-order valence-corrected chi connectivity index (χ0v) is 18.6. The maximum absolute atomic E-state index is 13.7. The van der Waals surface area contributed by atoms with Crippen molar-refractivity contribution in [3.8, 4) is 11.4 Å². The molecule has 0 saturated carbocycles. The summed E-state index contributed by atoms with van der Waals surface area (Å²) in [5.74, 6) is 0.150. The molecule has 0 aliphatic carbocycles. The van der Waals surface area contributed by atoms with Crippen molar-refractivity contribution >= 4 is 39.7 Å². The van der Waals surface area contributed by atoms with E-state index >= 15 is 0 Å². The summed E-state index contributed by atoms with van der Waals surface area (Å²) < 4.78 is 11.3. The molecule has 0 aliphatic rings. The molecule has 0 aliphatic heterocycles. The molecule has 0 spiro atoms. The van der Waals surface area contributed by atoms with Gasteiger partial charge >= 0.3 is 5.97 Å². The van der Waals surface area contributed by atoms with Crippen LogP contribution in [0.3, 0.4) is 0 Å². The number of methoxy groups -OCH3 is 1. The van der Waals surface area contributed by atoms with E-state index in [1.807, 2.05) is 36.4 Å². The first-order valence-corrected chi connectivity index (χ1v) is 10.7. The van der Waals surface area contributed by atoms with Crippen LogP contribution < -0.4 is 10.3 Å². The number of benzene rings is 2. The fourth-order valence-corrected chi connectivity index (χ4v) is 4.42. The van der Waals surface area contributed by atoms with Gasteiger partial charge in [-0.15, -0.1) is 0 Å². The summed E-state index contributed by atoms with van der Waals surface area (Å²) in [6, 6.07) is 14.8. The maximum atomic E-state index is 13.7. The number of fused-ring (bicyclic) bond motifs is 3. The van der Waals surface area contributed by atoms with Crippen LogP contribution in [-0.4, -0.2) is 39.0 Å². The Hall–Kier alpha value is -3.26. The number of aromatic nitrogens is 3. The van der Waals surface area contributed by atoms with E-state index in [0.717, 1.165) is 10.9 Å². The maximum Gasteiger partial charge on any atom is 0.322 e. The minimum absolute atomic E-state index is 0.271. The molecule has 7 nitrogen and oxygen atoms in total. The van der Waals surface area contributed by atoms with Crippen LogP contribution >= 0.6 is 11.8 Å². The Kier molecular flexibility index (Phi) is 5.49. The Morgan fingerprint density at radius 1 is 1.16 bits per heavy atom. The summed E-state index contributed by atoms with van der Waals surface area (Å²) >= 11 is 1.18. The van der Waals surface area contributed by atoms with Gasteiger partial charge in [0.1, 0.15) is 21.5 Å². The lowest BCUT2D eigenvalue weighted by Crippen LogP contribution is -2.32. The topological polar surface area (TPSA) is 86.2 Å².